The van der Waals surface area contributed by atoms with Crippen LogP contribution < -0.4 is 9.47 Å². The summed E-state index contributed by atoms with van der Waals surface area (Å²) in [6.07, 6.45) is 9.93. The summed E-state index contributed by atoms with van der Waals surface area (Å²) in [5, 5.41) is 9.41. The molecule has 0 saturated heterocycles. The van der Waals surface area contributed by atoms with Gasteiger partial charge in [-0.3, -0.25) is 4.79 Å². The van der Waals surface area contributed by atoms with Gasteiger partial charge >= 0.3 is 11.9 Å². The van der Waals surface area contributed by atoms with Gasteiger partial charge in [-0.25, -0.2) is 4.79 Å². The normalized spacial score (nSPS) is 10.5. The van der Waals surface area contributed by atoms with Crippen molar-refractivity contribution in [3.8, 4) is 28.4 Å². The number of phenols is 1. The minimum absolute atomic E-state index is 0.209. The van der Waals surface area contributed by atoms with E-state index in [9.17, 15) is 14.7 Å². The lowest BCUT2D eigenvalue weighted by Crippen LogP contribution is -2.10. The molecule has 0 fully saturated rings. The van der Waals surface area contributed by atoms with Crippen LogP contribution in [0.3, 0.4) is 0 Å². The van der Waals surface area contributed by atoms with E-state index in [-0.39, 0.29) is 11.7 Å². The molecule has 0 bridgehead atoms. The highest BCUT2D eigenvalue weighted by Gasteiger charge is 2.11. The van der Waals surface area contributed by atoms with Crippen LogP contribution in [0.25, 0.3) is 11.1 Å². The maximum atomic E-state index is 12.5. The number of benzene rings is 3. The van der Waals surface area contributed by atoms with Crippen molar-refractivity contribution < 1.29 is 24.2 Å². The van der Waals surface area contributed by atoms with Crippen LogP contribution in [-0.4, -0.2) is 17.0 Å². The summed E-state index contributed by atoms with van der Waals surface area (Å²) in [5.74, 6) is 0.290. The predicted molar refractivity (Wildman–Crippen MR) is 138 cm³/mol. The van der Waals surface area contributed by atoms with Gasteiger partial charge in [-0.15, -0.1) is 6.58 Å². The second-order valence-corrected chi connectivity index (χ2v) is 8.41. The molecule has 0 saturated carbocycles. The maximum absolute atomic E-state index is 12.5. The van der Waals surface area contributed by atoms with Crippen molar-refractivity contribution in [3.63, 3.8) is 0 Å². The van der Waals surface area contributed by atoms with Gasteiger partial charge in [0, 0.05) is 6.42 Å². The highest BCUT2D eigenvalue weighted by molar-refractivity contribution is 5.91. The molecule has 1 N–H and O–H groups in total. The van der Waals surface area contributed by atoms with Gasteiger partial charge in [0.15, 0.2) is 0 Å². The Kier molecular flexibility index (Phi) is 10.1. The number of phenolic OH excluding ortho intramolecular Hbond substituents is 1. The average molecular weight is 473 g/mol. The molecule has 0 aliphatic heterocycles. The fraction of sp³-hybridized carbons (Fsp3) is 0.267. The molecule has 0 aliphatic carbocycles. The summed E-state index contributed by atoms with van der Waals surface area (Å²) in [4.78, 5) is 24.5. The zero-order chi connectivity index (χ0) is 24.9. The number of carbonyl (C=O) groups is 2. The monoisotopic (exact) mass is 472 g/mol. The molecule has 0 aromatic heterocycles. The molecule has 0 aliphatic rings. The Morgan fingerprint density at radius 2 is 1.20 bits per heavy atom. The smallest absolute Gasteiger partial charge is 0.343 e. The summed E-state index contributed by atoms with van der Waals surface area (Å²) in [6, 6.07) is 20.4. The molecule has 5 heteroatoms. The van der Waals surface area contributed by atoms with E-state index in [4.69, 9.17) is 9.47 Å². The Labute approximate surface area is 207 Å². The molecule has 0 radical (unpaired) electrons. The van der Waals surface area contributed by atoms with Gasteiger partial charge in [-0.05, 0) is 78.9 Å². The SMILES string of the molecule is C=CCCCCCCCCC(=O)Oc1ccc(C(=O)Oc2ccc(-c3ccc(O)cc3)cc2)cc1. The van der Waals surface area contributed by atoms with E-state index in [0.717, 1.165) is 36.8 Å². The minimum Gasteiger partial charge on any atom is -0.508 e. The average Bonchev–Trinajstić information content (AvgIpc) is 2.87. The predicted octanol–water partition coefficient (Wildman–Crippen LogP) is 7.49. The van der Waals surface area contributed by atoms with Gasteiger partial charge in [-0.1, -0.05) is 56.0 Å². The van der Waals surface area contributed by atoms with E-state index in [2.05, 4.69) is 6.58 Å². The number of hydrogen-bond acceptors (Lipinski definition) is 5. The molecular weight excluding hydrogens is 440 g/mol. The van der Waals surface area contributed by atoms with Crippen molar-refractivity contribution in [1.29, 1.82) is 0 Å². The van der Waals surface area contributed by atoms with Crippen molar-refractivity contribution in [2.45, 2.75) is 51.4 Å². The number of rotatable bonds is 13. The van der Waals surface area contributed by atoms with Crippen LogP contribution in [0.5, 0.6) is 17.2 Å². The van der Waals surface area contributed by atoms with E-state index in [1.807, 2.05) is 30.3 Å². The molecule has 0 atom stereocenters. The van der Waals surface area contributed by atoms with E-state index >= 15 is 0 Å². The molecule has 35 heavy (non-hydrogen) atoms. The molecule has 3 aromatic carbocycles. The van der Waals surface area contributed by atoms with Gasteiger partial charge in [0.1, 0.15) is 17.2 Å². The number of aromatic hydroxyl groups is 1. The van der Waals surface area contributed by atoms with E-state index < -0.39 is 5.97 Å². The first-order valence-corrected chi connectivity index (χ1v) is 12.1. The summed E-state index contributed by atoms with van der Waals surface area (Å²) < 4.78 is 10.8. The zero-order valence-corrected chi connectivity index (χ0v) is 19.9. The van der Waals surface area contributed by atoms with Gasteiger partial charge in [0.05, 0.1) is 5.56 Å². The van der Waals surface area contributed by atoms with Gasteiger partial charge < -0.3 is 14.6 Å². The van der Waals surface area contributed by atoms with Crippen LogP contribution in [-0.2, 0) is 4.79 Å². The van der Waals surface area contributed by atoms with Gasteiger partial charge in [0.25, 0.3) is 0 Å². The third-order valence-corrected chi connectivity index (χ3v) is 5.63. The summed E-state index contributed by atoms with van der Waals surface area (Å²) >= 11 is 0. The Morgan fingerprint density at radius 1 is 0.686 bits per heavy atom. The second kappa shape index (κ2) is 13.8. The standard InChI is InChI=1S/C30H32O5/c1-2-3-4-5-6-7-8-9-10-29(32)34-27-21-15-25(16-22-27)30(33)35-28-19-13-24(14-20-28)23-11-17-26(31)18-12-23/h2,11-22,31H,1,3-10H2. The van der Waals surface area contributed by atoms with E-state index in [0.29, 0.717) is 23.5 Å². The van der Waals surface area contributed by atoms with E-state index in [1.54, 1.807) is 48.5 Å². The lowest BCUT2D eigenvalue weighted by molar-refractivity contribution is -0.134. The van der Waals surface area contributed by atoms with Crippen LogP contribution in [0.4, 0.5) is 0 Å². The number of unbranched alkanes of at least 4 members (excludes halogenated alkanes) is 6. The first-order chi connectivity index (χ1) is 17.0. The highest BCUT2D eigenvalue weighted by Crippen LogP contribution is 2.25. The van der Waals surface area contributed by atoms with Crippen molar-refractivity contribution in [2.24, 2.45) is 0 Å². The van der Waals surface area contributed by atoms with Crippen LogP contribution in [0.2, 0.25) is 0 Å². The largest absolute Gasteiger partial charge is 0.508 e. The Hall–Kier alpha value is -3.86. The molecule has 3 aromatic rings. The zero-order valence-electron chi connectivity index (χ0n) is 19.9. The summed E-state index contributed by atoms with van der Waals surface area (Å²) in [7, 11) is 0. The first kappa shape index (κ1) is 25.8. The molecule has 0 unspecified atom stereocenters. The molecule has 0 heterocycles. The van der Waals surface area contributed by atoms with Gasteiger partial charge in [0.2, 0.25) is 0 Å². The molecule has 5 nitrogen and oxygen atoms in total. The quantitative estimate of drug-likeness (QED) is 0.121. The molecule has 0 spiro atoms. The fourth-order valence-corrected chi connectivity index (χ4v) is 3.64. The van der Waals surface area contributed by atoms with Crippen molar-refractivity contribution in [3.05, 3.63) is 91.0 Å². The van der Waals surface area contributed by atoms with Gasteiger partial charge in [-0.2, -0.15) is 0 Å². The number of hydrogen-bond donors (Lipinski definition) is 1. The maximum Gasteiger partial charge on any atom is 0.343 e. The molecule has 3 rings (SSSR count). The third-order valence-electron chi connectivity index (χ3n) is 5.63. The highest BCUT2D eigenvalue weighted by atomic mass is 16.5. The lowest BCUT2D eigenvalue weighted by Gasteiger charge is -2.08. The Morgan fingerprint density at radius 3 is 1.83 bits per heavy atom. The van der Waals surface area contributed by atoms with Crippen LogP contribution in [0.1, 0.15) is 61.7 Å². The topological polar surface area (TPSA) is 72.8 Å². The van der Waals surface area contributed by atoms with Crippen LogP contribution in [0.15, 0.2) is 85.5 Å². The number of carbonyl (C=O) groups excluding carboxylic acids is 2. The lowest BCUT2D eigenvalue weighted by atomic mass is 10.1. The van der Waals surface area contributed by atoms with Crippen molar-refractivity contribution >= 4 is 11.9 Å². The molecule has 0 amide bonds. The Balaban J connectivity index is 1.41. The number of ether oxygens (including phenoxy) is 2. The van der Waals surface area contributed by atoms with Crippen molar-refractivity contribution in [1.82, 2.24) is 0 Å². The Bertz CT molecular complexity index is 1080. The number of allylic oxidation sites excluding steroid dienone is 1. The second-order valence-electron chi connectivity index (χ2n) is 8.41. The third kappa shape index (κ3) is 8.78. The molecular formula is C30H32O5. The fourth-order valence-electron chi connectivity index (χ4n) is 3.64. The van der Waals surface area contributed by atoms with Crippen LogP contribution >= 0.6 is 0 Å². The molecule has 182 valence electrons. The van der Waals surface area contributed by atoms with Crippen molar-refractivity contribution in [2.75, 3.05) is 0 Å². The van der Waals surface area contributed by atoms with Crippen LogP contribution in [0, 0.1) is 0 Å². The van der Waals surface area contributed by atoms with E-state index in [1.165, 1.54) is 19.3 Å². The summed E-state index contributed by atoms with van der Waals surface area (Å²) in [6.45, 7) is 3.73. The number of esters is 2. The summed E-state index contributed by atoms with van der Waals surface area (Å²) in [5.41, 5.74) is 2.26. The first-order valence-electron chi connectivity index (χ1n) is 12.1. The minimum atomic E-state index is -0.492.